The third-order valence-electron chi connectivity index (χ3n) is 4.26. The molecule has 0 radical (unpaired) electrons. The van der Waals surface area contributed by atoms with Gasteiger partial charge in [-0.3, -0.25) is 4.79 Å². The van der Waals surface area contributed by atoms with Crippen molar-refractivity contribution < 1.29 is 4.79 Å². The topological polar surface area (TPSA) is 58.4 Å². The molecule has 0 bridgehead atoms. The van der Waals surface area contributed by atoms with E-state index in [9.17, 15) is 4.79 Å². The van der Waals surface area contributed by atoms with Gasteiger partial charge in [-0.1, -0.05) is 37.3 Å². The molecule has 1 fully saturated rings. The minimum atomic E-state index is -0.488. The Bertz CT molecular complexity index is 425. The summed E-state index contributed by atoms with van der Waals surface area (Å²) in [6.45, 7) is 5.72. The van der Waals surface area contributed by atoms with Crippen molar-refractivity contribution in [3.05, 3.63) is 35.9 Å². The second-order valence-corrected chi connectivity index (χ2v) is 5.55. The molecule has 1 aliphatic rings. The van der Waals surface area contributed by atoms with Gasteiger partial charge in [0.05, 0.1) is 0 Å². The number of nitrogens with two attached hydrogens (primary N) is 1. The van der Waals surface area contributed by atoms with Gasteiger partial charge in [0.25, 0.3) is 0 Å². The Morgan fingerprint density at radius 3 is 2.50 bits per heavy atom. The molecule has 0 aliphatic carbocycles. The lowest BCUT2D eigenvalue weighted by molar-refractivity contribution is -0.126. The second-order valence-electron chi connectivity index (χ2n) is 5.55. The molecule has 110 valence electrons. The Morgan fingerprint density at radius 2 is 1.95 bits per heavy atom. The third-order valence-corrected chi connectivity index (χ3v) is 4.26. The number of nitrogens with zero attached hydrogens (tertiary/aromatic N) is 1. The van der Waals surface area contributed by atoms with Crippen LogP contribution in [0.2, 0.25) is 0 Å². The molecule has 20 heavy (non-hydrogen) atoms. The van der Waals surface area contributed by atoms with E-state index in [1.807, 2.05) is 13.0 Å². The molecule has 1 aromatic carbocycles. The van der Waals surface area contributed by atoms with Crippen LogP contribution in [-0.2, 0) is 11.2 Å². The van der Waals surface area contributed by atoms with Crippen LogP contribution in [0.1, 0.15) is 25.3 Å². The van der Waals surface area contributed by atoms with Gasteiger partial charge in [-0.2, -0.15) is 0 Å². The maximum absolute atomic E-state index is 11.7. The fourth-order valence-electron chi connectivity index (χ4n) is 2.94. The van der Waals surface area contributed by atoms with E-state index in [-0.39, 0.29) is 5.91 Å². The molecule has 1 aliphatic heterocycles. The van der Waals surface area contributed by atoms with Gasteiger partial charge in [0.15, 0.2) is 0 Å². The highest BCUT2D eigenvalue weighted by Gasteiger charge is 2.38. The predicted octanol–water partition coefficient (Wildman–Crippen LogP) is 1.16. The van der Waals surface area contributed by atoms with E-state index >= 15 is 0 Å². The maximum Gasteiger partial charge on any atom is 0.237 e. The van der Waals surface area contributed by atoms with E-state index in [2.05, 4.69) is 34.5 Å². The van der Waals surface area contributed by atoms with Gasteiger partial charge in [-0.25, -0.2) is 0 Å². The molecule has 0 spiro atoms. The van der Waals surface area contributed by atoms with Gasteiger partial charge in [0.1, 0.15) is 5.54 Å². The number of rotatable bonds is 6. The summed E-state index contributed by atoms with van der Waals surface area (Å²) >= 11 is 0. The van der Waals surface area contributed by atoms with Crippen LogP contribution in [0, 0.1) is 0 Å². The van der Waals surface area contributed by atoms with Crippen molar-refractivity contribution in [1.29, 1.82) is 0 Å². The summed E-state index contributed by atoms with van der Waals surface area (Å²) in [6, 6.07) is 10.5. The quantitative estimate of drug-likeness (QED) is 0.819. The lowest BCUT2D eigenvalue weighted by Gasteiger charge is -2.40. The van der Waals surface area contributed by atoms with Crippen molar-refractivity contribution >= 4 is 5.91 Å². The minimum Gasteiger partial charge on any atom is -0.368 e. The van der Waals surface area contributed by atoms with Crippen molar-refractivity contribution in [1.82, 2.24) is 10.2 Å². The molecule has 4 heteroatoms. The van der Waals surface area contributed by atoms with E-state index in [0.29, 0.717) is 0 Å². The zero-order chi connectivity index (χ0) is 14.4. The van der Waals surface area contributed by atoms with Crippen LogP contribution in [0.15, 0.2) is 30.3 Å². The van der Waals surface area contributed by atoms with Gasteiger partial charge in [0, 0.05) is 19.6 Å². The molecule has 4 nitrogen and oxygen atoms in total. The number of primary amides is 1. The van der Waals surface area contributed by atoms with E-state index < -0.39 is 5.54 Å². The van der Waals surface area contributed by atoms with Crippen LogP contribution >= 0.6 is 0 Å². The molecule has 1 aromatic rings. The first-order chi connectivity index (χ1) is 9.66. The first-order valence-electron chi connectivity index (χ1n) is 7.47. The number of hydrogen-bond donors (Lipinski definition) is 2. The predicted molar refractivity (Wildman–Crippen MR) is 81.4 cm³/mol. The summed E-state index contributed by atoms with van der Waals surface area (Å²) in [6.07, 6.45) is 2.68. The van der Waals surface area contributed by atoms with Crippen LogP contribution in [0.25, 0.3) is 0 Å². The van der Waals surface area contributed by atoms with E-state index in [1.165, 1.54) is 5.56 Å². The first kappa shape index (κ1) is 15.0. The third kappa shape index (κ3) is 3.58. The number of amides is 1. The first-order valence-corrected chi connectivity index (χ1v) is 7.47. The van der Waals surface area contributed by atoms with Gasteiger partial charge < -0.3 is 16.0 Å². The fraction of sp³-hybridized carbons (Fsp3) is 0.562. The molecule has 1 saturated heterocycles. The number of carbonyl (C=O) groups is 1. The fourth-order valence-corrected chi connectivity index (χ4v) is 2.94. The lowest BCUT2D eigenvalue weighted by atomic mass is 9.86. The Hall–Kier alpha value is -1.39. The van der Waals surface area contributed by atoms with E-state index in [0.717, 1.165) is 45.4 Å². The number of likely N-dealkylation sites (tertiary alicyclic amines) is 1. The average Bonchev–Trinajstić information content (AvgIpc) is 2.48. The molecule has 1 heterocycles. The monoisotopic (exact) mass is 275 g/mol. The normalized spacial score (nSPS) is 18.9. The molecular weight excluding hydrogens is 250 g/mol. The highest BCUT2D eigenvalue weighted by molar-refractivity contribution is 5.84. The molecule has 0 unspecified atom stereocenters. The summed E-state index contributed by atoms with van der Waals surface area (Å²) in [5.41, 5.74) is 6.46. The van der Waals surface area contributed by atoms with Gasteiger partial charge in [0.2, 0.25) is 5.91 Å². The maximum atomic E-state index is 11.7. The summed E-state index contributed by atoms with van der Waals surface area (Å²) in [7, 11) is 0. The summed E-state index contributed by atoms with van der Waals surface area (Å²) in [4.78, 5) is 14.1. The molecule has 0 aromatic heterocycles. The molecule has 2 rings (SSSR count). The summed E-state index contributed by atoms with van der Waals surface area (Å²) < 4.78 is 0. The number of hydrogen-bond acceptors (Lipinski definition) is 3. The van der Waals surface area contributed by atoms with Crippen molar-refractivity contribution in [2.75, 3.05) is 26.2 Å². The van der Waals surface area contributed by atoms with E-state index in [4.69, 9.17) is 5.73 Å². The van der Waals surface area contributed by atoms with Crippen LogP contribution in [-0.4, -0.2) is 42.5 Å². The van der Waals surface area contributed by atoms with E-state index in [1.54, 1.807) is 0 Å². The largest absolute Gasteiger partial charge is 0.368 e. The Balaban J connectivity index is 1.83. The second kappa shape index (κ2) is 6.86. The zero-order valence-corrected chi connectivity index (χ0v) is 12.3. The SMILES string of the molecule is CCNC1(C(N)=O)CCN(CCc2ccccc2)CC1. The standard InChI is InChI=1S/C16H25N3O/c1-2-18-16(15(17)20)9-12-19(13-10-16)11-8-14-6-4-3-5-7-14/h3-7,18H,2,8-13H2,1H3,(H2,17,20). The van der Waals surface area contributed by atoms with Crippen LogP contribution in [0.4, 0.5) is 0 Å². The van der Waals surface area contributed by atoms with Crippen molar-refractivity contribution in [2.24, 2.45) is 5.73 Å². The van der Waals surface area contributed by atoms with Gasteiger partial charge >= 0.3 is 0 Å². The smallest absolute Gasteiger partial charge is 0.237 e. The molecule has 3 N–H and O–H groups in total. The van der Waals surface area contributed by atoms with Crippen LogP contribution in [0.3, 0.4) is 0 Å². The Labute approximate surface area is 121 Å². The molecule has 0 saturated carbocycles. The van der Waals surface area contributed by atoms with Gasteiger partial charge in [-0.05, 0) is 31.4 Å². The number of carbonyl (C=O) groups excluding carboxylic acids is 1. The van der Waals surface area contributed by atoms with Crippen molar-refractivity contribution in [3.8, 4) is 0 Å². The van der Waals surface area contributed by atoms with Crippen molar-refractivity contribution in [3.63, 3.8) is 0 Å². The van der Waals surface area contributed by atoms with Crippen LogP contribution in [0.5, 0.6) is 0 Å². The number of benzene rings is 1. The number of nitrogens with one attached hydrogen (secondary N) is 1. The van der Waals surface area contributed by atoms with Gasteiger partial charge in [-0.15, -0.1) is 0 Å². The molecule has 1 amide bonds. The Kier molecular flexibility index (Phi) is 5.15. The zero-order valence-electron chi connectivity index (χ0n) is 12.3. The summed E-state index contributed by atoms with van der Waals surface area (Å²) in [5.74, 6) is -0.206. The average molecular weight is 275 g/mol. The number of likely N-dealkylation sites (N-methyl/N-ethyl adjacent to an activating group) is 1. The van der Waals surface area contributed by atoms with Crippen molar-refractivity contribution in [2.45, 2.75) is 31.7 Å². The number of piperidine rings is 1. The lowest BCUT2D eigenvalue weighted by Crippen LogP contribution is -2.60. The van der Waals surface area contributed by atoms with Crippen LogP contribution < -0.4 is 11.1 Å². The molecular formula is C16H25N3O. The Morgan fingerprint density at radius 1 is 1.30 bits per heavy atom. The highest BCUT2D eigenvalue weighted by Crippen LogP contribution is 2.22. The highest BCUT2D eigenvalue weighted by atomic mass is 16.1. The minimum absolute atomic E-state index is 0.206. The summed E-state index contributed by atoms with van der Waals surface area (Å²) in [5, 5.41) is 3.29. The molecule has 0 atom stereocenters.